The SMILES string of the molecule is Cc1cc(NCC(C)C)nc(N2CCN(c3ncccn3)CC2)n1. The molecule has 2 aromatic rings. The predicted molar refractivity (Wildman–Crippen MR) is 96.6 cm³/mol. The van der Waals surface area contributed by atoms with Crippen LogP contribution in [-0.4, -0.2) is 52.7 Å². The molecule has 1 aliphatic heterocycles. The maximum absolute atomic E-state index is 4.68. The normalized spacial score (nSPS) is 15.0. The number of hydrogen-bond donors (Lipinski definition) is 1. The van der Waals surface area contributed by atoms with Crippen molar-refractivity contribution in [3.05, 3.63) is 30.2 Å². The highest BCUT2D eigenvalue weighted by atomic mass is 15.4. The lowest BCUT2D eigenvalue weighted by atomic mass is 10.2. The highest BCUT2D eigenvalue weighted by Gasteiger charge is 2.21. The lowest BCUT2D eigenvalue weighted by molar-refractivity contribution is 0.627. The van der Waals surface area contributed by atoms with E-state index in [1.165, 1.54) is 0 Å². The Labute approximate surface area is 143 Å². The first-order chi connectivity index (χ1) is 11.6. The van der Waals surface area contributed by atoms with Gasteiger partial charge in [-0.1, -0.05) is 13.8 Å². The number of anilines is 3. The van der Waals surface area contributed by atoms with Gasteiger partial charge in [0.25, 0.3) is 0 Å². The molecule has 7 heteroatoms. The van der Waals surface area contributed by atoms with Crippen molar-refractivity contribution in [2.24, 2.45) is 5.92 Å². The minimum absolute atomic E-state index is 0.582. The molecule has 1 fully saturated rings. The van der Waals surface area contributed by atoms with Crippen LogP contribution in [0.4, 0.5) is 17.7 Å². The fraction of sp³-hybridized carbons (Fsp3) is 0.529. The minimum atomic E-state index is 0.582. The molecule has 0 amide bonds. The zero-order valence-electron chi connectivity index (χ0n) is 14.6. The molecule has 1 saturated heterocycles. The lowest BCUT2D eigenvalue weighted by Crippen LogP contribution is -2.47. The standard InChI is InChI=1S/C17H25N7/c1-13(2)12-20-15-11-14(3)21-17(22-15)24-9-7-23(8-10-24)16-18-5-4-6-19-16/h4-6,11,13H,7-10,12H2,1-3H3,(H,20,21,22). The Balaban J connectivity index is 1.65. The first kappa shape index (κ1) is 16.4. The third-order valence-electron chi connectivity index (χ3n) is 3.93. The molecular formula is C17H25N7. The van der Waals surface area contributed by atoms with Gasteiger partial charge in [-0.25, -0.2) is 15.0 Å². The van der Waals surface area contributed by atoms with Gasteiger partial charge < -0.3 is 15.1 Å². The van der Waals surface area contributed by atoms with Crippen molar-refractivity contribution < 1.29 is 0 Å². The molecule has 1 aliphatic rings. The van der Waals surface area contributed by atoms with Crippen molar-refractivity contribution in [3.63, 3.8) is 0 Å². The fourth-order valence-electron chi connectivity index (χ4n) is 2.65. The second kappa shape index (κ2) is 7.42. The van der Waals surface area contributed by atoms with E-state index < -0.39 is 0 Å². The van der Waals surface area contributed by atoms with Crippen molar-refractivity contribution in [3.8, 4) is 0 Å². The van der Waals surface area contributed by atoms with E-state index >= 15 is 0 Å². The Bertz CT molecular complexity index is 651. The summed E-state index contributed by atoms with van der Waals surface area (Å²) in [5.41, 5.74) is 0.986. The minimum Gasteiger partial charge on any atom is -0.370 e. The van der Waals surface area contributed by atoms with Crippen molar-refractivity contribution in [1.29, 1.82) is 0 Å². The molecule has 3 heterocycles. The van der Waals surface area contributed by atoms with E-state index in [4.69, 9.17) is 0 Å². The Kier molecular flexibility index (Phi) is 5.08. The number of piperazine rings is 1. The molecule has 0 unspecified atom stereocenters. The molecule has 0 atom stereocenters. The molecule has 3 rings (SSSR count). The second-order valence-corrected chi connectivity index (χ2v) is 6.49. The maximum atomic E-state index is 4.68. The third-order valence-corrected chi connectivity index (χ3v) is 3.93. The monoisotopic (exact) mass is 327 g/mol. The van der Waals surface area contributed by atoms with Crippen molar-refractivity contribution in [2.45, 2.75) is 20.8 Å². The van der Waals surface area contributed by atoms with Gasteiger partial charge in [-0.15, -0.1) is 0 Å². The van der Waals surface area contributed by atoms with Crippen LogP contribution in [0.2, 0.25) is 0 Å². The van der Waals surface area contributed by atoms with Gasteiger partial charge in [-0.3, -0.25) is 0 Å². The number of rotatable bonds is 5. The quantitative estimate of drug-likeness (QED) is 0.900. The summed E-state index contributed by atoms with van der Waals surface area (Å²) in [6, 6.07) is 3.84. The fourth-order valence-corrected chi connectivity index (χ4v) is 2.65. The molecular weight excluding hydrogens is 302 g/mol. The van der Waals surface area contributed by atoms with Crippen LogP contribution >= 0.6 is 0 Å². The average molecular weight is 327 g/mol. The molecule has 24 heavy (non-hydrogen) atoms. The molecule has 2 aromatic heterocycles. The van der Waals surface area contributed by atoms with Crippen LogP contribution in [0.5, 0.6) is 0 Å². The zero-order chi connectivity index (χ0) is 16.9. The Morgan fingerprint density at radius 3 is 2.25 bits per heavy atom. The van der Waals surface area contributed by atoms with E-state index in [1.807, 2.05) is 19.1 Å². The van der Waals surface area contributed by atoms with Gasteiger partial charge in [0.2, 0.25) is 11.9 Å². The predicted octanol–water partition coefficient (Wildman–Crippen LogP) is 1.97. The highest BCUT2D eigenvalue weighted by Crippen LogP contribution is 2.17. The van der Waals surface area contributed by atoms with E-state index in [2.05, 4.69) is 48.9 Å². The number of nitrogens with one attached hydrogen (secondary N) is 1. The van der Waals surface area contributed by atoms with Crippen molar-refractivity contribution in [2.75, 3.05) is 47.8 Å². The van der Waals surface area contributed by atoms with Crippen LogP contribution in [0, 0.1) is 12.8 Å². The first-order valence-corrected chi connectivity index (χ1v) is 8.48. The van der Waals surface area contributed by atoms with Crippen molar-refractivity contribution in [1.82, 2.24) is 19.9 Å². The molecule has 1 N–H and O–H groups in total. The zero-order valence-corrected chi connectivity index (χ0v) is 14.6. The van der Waals surface area contributed by atoms with Gasteiger partial charge >= 0.3 is 0 Å². The summed E-state index contributed by atoms with van der Waals surface area (Å²) in [5.74, 6) is 3.08. The third kappa shape index (κ3) is 4.10. The highest BCUT2D eigenvalue weighted by molar-refractivity contribution is 5.45. The summed E-state index contributed by atoms with van der Waals surface area (Å²) in [4.78, 5) is 22.4. The molecule has 0 spiro atoms. The van der Waals surface area contributed by atoms with Crippen LogP contribution < -0.4 is 15.1 Å². The van der Waals surface area contributed by atoms with Crippen LogP contribution in [-0.2, 0) is 0 Å². The molecule has 0 bridgehead atoms. The van der Waals surface area contributed by atoms with Crippen LogP contribution in [0.15, 0.2) is 24.5 Å². The summed E-state index contributed by atoms with van der Waals surface area (Å²) in [6.07, 6.45) is 3.57. The average Bonchev–Trinajstić information content (AvgIpc) is 2.60. The van der Waals surface area contributed by atoms with Gasteiger partial charge in [-0.05, 0) is 18.9 Å². The van der Waals surface area contributed by atoms with Gasteiger partial charge in [0.1, 0.15) is 5.82 Å². The molecule has 0 aromatic carbocycles. The number of aromatic nitrogens is 4. The van der Waals surface area contributed by atoms with Gasteiger partial charge in [0.05, 0.1) is 0 Å². The van der Waals surface area contributed by atoms with Crippen LogP contribution in [0.1, 0.15) is 19.5 Å². The summed E-state index contributed by atoms with van der Waals surface area (Å²) >= 11 is 0. The van der Waals surface area contributed by atoms with E-state index in [0.29, 0.717) is 5.92 Å². The molecule has 0 aliphatic carbocycles. The summed E-state index contributed by atoms with van der Waals surface area (Å²) in [6.45, 7) is 10.8. The second-order valence-electron chi connectivity index (χ2n) is 6.49. The number of nitrogens with zero attached hydrogens (tertiary/aromatic N) is 6. The van der Waals surface area contributed by atoms with Gasteiger partial charge in [-0.2, -0.15) is 4.98 Å². The Morgan fingerprint density at radius 2 is 1.62 bits per heavy atom. The largest absolute Gasteiger partial charge is 0.370 e. The van der Waals surface area contributed by atoms with E-state index in [1.54, 1.807) is 12.4 Å². The molecule has 0 radical (unpaired) electrons. The number of hydrogen-bond acceptors (Lipinski definition) is 7. The Hall–Kier alpha value is -2.44. The molecule has 7 nitrogen and oxygen atoms in total. The van der Waals surface area contributed by atoms with E-state index in [9.17, 15) is 0 Å². The maximum Gasteiger partial charge on any atom is 0.227 e. The van der Waals surface area contributed by atoms with Gasteiger partial charge in [0.15, 0.2) is 0 Å². The van der Waals surface area contributed by atoms with Crippen LogP contribution in [0.25, 0.3) is 0 Å². The van der Waals surface area contributed by atoms with Gasteiger partial charge in [0, 0.05) is 56.9 Å². The molecule has 0 saturated carbocycles. The molecule has 128 valence electrons. The smallest absolute Gasteiger partial charge is 0.227 e. The summed E-state index contributed by atoms with van der Waals surface area (Å²) in [7, 11) is 0. The summed E-state index contributed by atoms with van der Waals surface area (Å²) in [5, 5.41) is 3.39. The summed E-state index contributed by atoms with van der Waals surface area (Å²) < 4.78 is 0. The van der Waals surface area contributed by atoms with Crippen LogP contribution in [0.3, 0.4) is 0 Å². The topological polar surface area (TPSA) is 70.1 Å². The number of aryl methyl sites for hydroxylation is 1. The lowest BCUT2D eigenvalue weighted by Gasteiger charge is -2.34. The van der Waals surface area contributed by atoms with Crippen molar-refractivity contribution >= 4 is 17.7 Å². The first-order valence-electron chi connectivity index (χ1n) is 8.48. The van der Waals surface area contributed by atoms with E-state index in [-0.39, 0.29) is 0 Å². The van der Waals surface area contributed by atoms with E-state index in [0.717, 1.165) is 56.1 Å². The Morgan fingerprint density at radius 1 is 1.00 bits per heavy atom.